The highest BCUT2D eigenvalue weighted by atomic mass is 16.3. The van der Waals surface area contributed by atoms with E-state index in [1.54, 1.807) is 18.2 Å². The van der Waals surface area contributed by atoms with Gasteiger partial charge in [0.1, 0.15) is 27.2 Å². The third-order valence-corrected chi connectivity index (χ3v) is 5.13. The normalized spacial score (nSPS) is 20.9. The molecule has 27 heavy (non-hydrogen) atoms. The van der Waals surface area contributed by atoms with E-state index < -0.39 is 22.3 Å². The summed E-state index contributed by atoms with van der Waals surface area (Å²) in [5.41, 5.74) is 1.82. The van der Waals surface area contributed by atoms with Crippen molar-refractivity contribution in [3.63, 3.8) is 0 Å². The topological polar surface area (TPSA) is 60.7 Å². The van der Waals surface area contributed by atoms with Gasteiger partial charge in [0.25, 0.3) is 0 Å². The van der Waals surface area contributed by atoms with Gasteiger partial charge in [-0.1, -0.05) is 37.1 Å². The molecular weight excluding hydrogens is 330 g/mol. The molecule has 1 aliphatic rings. The summed E-state index contributed by atoms with van der Waals surface area (Å²) in [6.45, 7) is 5.84. The van der Waals surface area contributed by atoms with Crippen molar-refractivity contribution in [2.75, 3.05) is 0 Å². The summed E-state index contributed by atoms with van der Waals surface area (Å²) in [6, 6.07) is 3.22. The van der Waals surface area contributed by atoms with E-state index in [2.05, 4.69) is 6.58 Å². The highest BCUT2D eigenvalue weighted by molar-refractivity contribution is 6.61. The van der Waals surface area contributed by atoms with Crippen LogP contribution in [-0.4, -0.2) is 60.0 Å². The van der Waals surface area contributed by atoms with Crippen molar-refractivity contribution in [1.82, 2.24) is 0 Å². The molecule has 130 valence electrons. The molecule has 0 bridgehead atoms. The molecule has 0 aliphatic heterocycles. The Morgan fingerprint density at radius 3 is 2.15 bits per heavy atom. The molecule has 1 aromatic rings. The smallest absolute Gasteiger partial charge is 0.123 e. The van der Waals surface area contributed by atoms with Crippen molar-refractivity contribution >= 4 is 39.2 Å². The van der Waals surface area contributed by atoms with Crippen LogP contribution in [0.1, 0.15) is 43.2 Å². The minimum atomic E-state index is -2.10. The SMILES string of the molecule is [B]C([B])([B])C1=CC(c2c(O)cc(CCC)cc2O)C(C(=C)C([B])([B])O)CC1. The molecule has 3 nitrogen and oxygen atoms in total. The fourth-order valence-corrected chi connectivity index (χ4v) is 3.69. The van der Waals surface area contributed by atoms with Gasteiger partial charge >= 0.3 is 0 Å². The number of phenols is 2. The first-order chi connectivity index (χ1) is 12.4. The zero-order chi connectivity index (χ0) is 20.6. The number of allylic oxidation sites excluding steroid dienone is 2. The Balaban J connectivity index is 2.60. The van der Waals surface area contributed by atoms with Gasteiger partial charge in [0.2, 0.25) is 0 Å². The number of hydrogen-bond donors (Lipinski definition) is 3. The van der Waals surface area contributed by atoms with Crippen LogP contribution in [0.5, 0.6) is 11.5 Å². The second-order valence-electron chi connectivity index (χ2n) is 7.44. The van der Waals surface area contributed by atoms with Crippen LogP contribution in [0.2, 0.25) is 5.11 Å². The Bertz CT molecular complexity index is 724. The maximum Gasteiger partial charge on any atom is 0.123 e. The molecule has 2 atom stereocenters. The van der Waals surface area contributed by atoms with Crippen LogP contribution in [0.25, 0.3) is 0 Å². The van der Waals surface area contributed by atoms with Crippen LogP contribution in [-0.2, 0) is 6.42 Å². The van der Waals surface area contributed by atoms with Crippen LogP contribution >= 0.6 is 0 Å². The summed E-state index contributed by atoms with van der Waals surface area (Å²) >= 11 is 0. The van der Waals surface area contributed by atoms with Gasteiger partial charge in [-0.3, -0.25) is 0 Å². The number of hydrogen-bond acceptors (Lipinski definition) is 3. The van der Waals surface area contributed by atoms with Crippen molar-refractivity contribution in [3.05, 3.63) is 47.1 Å². The fourth-order valence-electron chi connectivity index (χ4n) is 3.69. The summed E-state index contributed by atoms with van der Waals surface area (Å²) in [6.07, 6.45) is 4.16. The van der Waals surface area contributed by atoms with Crippen LogP contribution in [0.15, 0.2) is 35.9 Å². The lowest BCUT2D eigenvalue weighted by Crippen LogP contribution is -2.38. The Labute approximate surface area is 168 Å². The molecule has 0 amide bonds. The van der Waals surface area contributed by atoms with Gasteiger partial charge in [0, 0.05) is 16.9 Å². The quantitative estimate of drug-likeness (QED) is 0.539. The van der Waals surface area contributed by atoms with Crippen LogP contribution in [0.4, 0.5) is 0 Å². The molecule has 3 N–H and O–H groups in total. The van der Waals surface area contributed by atoms with Gasteiger partial charge in [-0.15, -0.1) is 5.11 Å². The molecule has 0 fully saturated rings. The van der Waals surface area contributed by atoms with Crippen molar-refractivity contribution in [1.29, 1.82) is 0 Å². The second kappa shape index (κ2) is 7.91. The number of phenolic OH excluding ortho intramolecular Hbond substituents is 2. The summed E-state index contributed by atoms with van der Waals surface area (Å²) in [7, 11) is 28.8. The van der Waals surface area contributed by atoms with E-state index >= 15 is 0 Å². The molecule has 2 unspecified atom stereocenters. The van der Waals surface area contributed by atoms with E-state index in [0.717, 1.165) is 12.0 Å². The summed E-state index contributed by atoms with van der Waals surface area (Å²) in [4.78, 5) is 0. The Hall–Kier alpha value is -1.42. The van der Waals surface area contributed by atoms with Gasteiger partial charge in [0.15, 0.2) is 0 Å². The molecule has 0 saturated heterocycles. The predicted octanol–water partition coefficient (Wildman–Crippen LogP) is 1.59. The molecule has 2 rings (SSSR count). The van der Waals surface area contributed by atoms with Gasteiger partial charge in [-0.05, 0) is 42.9 Å². The van der Waals surface area contributed by atoms with Crippen LogP contribution in [0.3, 0.4) is 0 Å². The van der Waals surface area contributed by atoms with Gasteiger partial charge in [-0.2, -0.15) is 0 Å². The van der Waals surface area contributed by atoms with E-state index in [-0.39, 0.29) is 22.6 Å². The lowest BCUT2D eigenvalue weighted by molar-refractivity contribution is 0.227. The maximum absolute atomic E-state index is 10.6. The highest BCUT2D eigenvalue weighted by Gasteiger charge is 2.37. The largest absolute Gasteiger partial charge is 0.507 e. The Morgan fingerprint density at radius 2 is 1.70 bits per heavy atom. The number of aromatic hydroxyl groups is 2. The minimum absolute atomic E-state index is 0.0759. The average Bonchev–Trinajstić information content (AvgIpc) is 2.52. The van der Waals surface area contributed by atoms with Gasteiger partial charge in [0.05, 0.1) is 23.5 Å². The molecule has 1 aromatic carbocycles. The predicted molar refractivity (Wildman–Crippen MR) is 113 cm³/mol. The average molecular weight is 351 g/mol. The Kier molecular flexibility index (Phi) is 6.41. The first kappa shape index (κ1) is 21.9. The molecular formula is C19H21B5O3. The minimum Gasteiger partial charge on any atom is -0.507 e. The summed E-state index contributed by atoms with van der Waals surface area (Å²) in [5.74, 6) is -1.21. The lowest BCUT2D eigenvalue weighted by atomic mass is 9.38. The highest BCUT2D eigenvalue weighted by Crippen LogP contribution is 2.50. The fraction of sp³-hybridized carbons (Fsp3) is 0.474. The van der Waals surface area contributed by atoms with Crippen LogP contribution < -0.4 is 0 Å². The van der Waals surface area contributed by atoms with E-state index in [0.29, 0.717) is 24.8 Å². The summed E-state index contributed by atoms with van der Waals surface area (Å²) in [5, 5.41) is 27.6. The van der Waals surface area contributed by atoms with Gasteiger partial charge in [-0.25, -0.2) is 0 Å². The first-order valence-corrected chi connectivity index (χ1v) is 8.98. The van der Waals surface area contributed by atoms with E-state index in [9.17, 15) is 15.3 Å². The first-order valence-electron chi connectivity index (χ1n) is 8.98. The standard InChI is InChI=1S/C19H21B5O3/c1-3-4-11-7-15(25)17(16(26)8-11)14-9-12(18(20,21)22)5-6-13(14)10(2)19(23,24)27/h7-9,13-14,25-27H,2-6H2,1H3. The Morgan fingerprint density at radius 1 is 1.15 bits per heavy atom. The molecule has 0 aromatic heterocycles. The molecule has 10 radical (unpaired) electrons. The molecule has 1 aliphatic carbocycles. The van der Waals surface area contributed by atoms with E-state index in [1.165, 1.54) is 0 Å². The van der Waals surface area contributed by atoms with E-state index in [4.69, 9.17) is 39.2 Å². The number of aryl methyl sites for hydroxylation is 1. The molecule has 0 spiro atoms. The van der Waals surface area contributed by atoms with Gasteiger partial charge < -0.3 is 15.3 Å². The van der Waals surface area contributed by atoms with Crippen molar-refractivity contribution in [3.8, 4) is 11.5 Å². The molecule has 8 heteroatoms. The monoisotopic (exact) mass is 352 g/mol. The van der Waals surface area contributed by atoms with E-state index in [1.807, 2.05) is 6.92 Å². The van der Waals surface area contributed by atoms with Crippen molar-refractivity contribution < 1.29 is 15.3 Å². The van der Waals surface area contributed by atoms with Crippen molar-refractivity contribution in [2.24, 2.45) is 5.92 Å². The number of rotatable bonds is 6. The number of aliphatic hydroxyl groups is 1. The lowest BCUT2D eigenvalue weighted by Gasteiger charge is -2.40. The molecule has 0 saturated carbocycles. The second-order valence-corrected chi connectivity index (χ2v) is 7.44. The maximum atomic E-state index is 10.6. The molecule has 0 heterocycles. The zero-order valence-electron chi connectivity index (χ0n) is 15.7. The van der Waals surface area contributed by atoms with Crippen molar-refractivity contribution in [2.45, 2.75) is 49.0 Å². The third-order valence-electron chi connectivity index (χ3n) is 5.13. The van der Waals surface area contributed by atoms with Crippen LogP contribution in [0, 0.1) is 5.92 Å². The third kappa shape index (κ3) is 4.90. The zero-order valence-corrected chi connectivity index (χ0v) is 15.7. The number of benzene rings is 1. The summed E-state index contributed by atoms with van der Waals surface area (Å²) < 4.78 is 0.